The van der Waals surface area contributed by atoms with E-state index in [1.54, 1.807) is 18.2 Å². The third kappa shape index (κ3) is 2.81. The minimum Gasteiger partial charge on any atom is -0.451 e. The molecule has 0 spiro atoms. The fraction of sp³-hybridized carbons (Fsp3) is 0.500. The number of nitrogens with zero attached hydrogens (tertiary/aromatic N) is 1. The molecule has 0 saturated carbocycles. The van der Waals surface area contributed by atoms with Gasteiger partial charge in [0.1, 0.15) is 5.58 Å². The van der Waals surface area contributed by atoms with E-state index >= 15 is 0 Å². The van der Waals surface area contributed by atoms with Crippen molar-refractivity contribution in [3.05, 3.63) is 35.0 Å². The minimum atomic E-state index is -0.135. The molecule has 2 bridgehead atoms. The third-order valence-corrected chi connectivity index (χ3v) is 5.81. The maximum absolute atomic E-state index is 12.7. The van der Waals surface area contributed by atoms with Crippen LogP contribution in [0, 0.1) is 5.92 Å². The van der Waals surface area contributed by atoms with Crippen LogP contribution >= 0.6 is 24.0 Å². The van der Waals surface area contributed by atoms with Gasteiger partial charge in [-0.25, -0.2) is 0 Å². The van der Waals surface area contributed by atoms with E-state index in [1.807, 2.05) is 6.07 Å². The van der Waals surface area contributed by atoms with Crippen molar-refractivity contribution < 1.29 is 9.21 Å². The molecule has 3 saturated heterocycles. The van der Waals surface area contributed by atoms with Gasteiger partial charge in [0, 0.05) is 28.1 Å². The number of benzene rings is 1. The molecule has 0 aliphatic carbocycles. The number of fused-ring (bicyclic) bond motifs is 4. The second kappa shape index (κ2) is 6.25. The summed E-state index contributed by atoms with van der Waals surface area (Å²) in [4.78, 5) is 15.2. The molecular formula is C18H22Cl2N2O2. The van der Waals surface area contributed by atoms with Gasteiger partial charge in [-0.05, 0) is 63.9 Å². The third-order valence-electron chi connectivity index (χ3n) is 5.58. The Labute approximate surface area is 152 Å². The summed E-state index contributed by atoms with van der Waals surface area (Å²) in [5, 5.41) is 4.73. The molecule has 3 fully saturated rings. The monoisotopic (exact) mass is 368 g/mol. The second-order valence-electron chi connectivity index (χ2n) is 7.22. The average Bonchev–Trinajstić information content (AvgIpc) is 2.94. The Morgan fingerprint density at radius 3 is 2.67 bits per heavy atom. The number of amides is 1. The highest BCUT2D eigenvalue weighted by Gasteiger charge is 2.48. The van der Waals surface area contributed by atoms with Crippen LogP contribution in [-0.4, -0.2) is 35.5 Å². The number of halogens is 2. The van der Waals surface area contributed by atoms with Gasteiger partial charge >= 0.3 is 0 Å². The van der Waals surface area contributed by atoms with Gasteiger partial charge in [0.25, 0.3) is 5.91 Å². The highest BCUT2D eigenvalue weighted by Crippen LogP contribution is 2.39. The Bertz CT molecular complexity index is 763. The van der Waals surface area contributed by atoms with E-state index in [0.29, 0.717) is 22.3 Å². The Balaban J connectivity index is 0.00000169. The summed E-state index contributed by atoms with van der Waals surface area (Å²) >= 11 is 5.98. The standard InChI is InChI=1S/C18H21ClN2O2.ClH/c1-18(2)16(11-5-7-21(18)8-6-11)20-17(22)15-9-12-3-4-13(19)10-14(12)23-15;/h3-4,9-11,16H,5-8H2,1-2H3,(H,20,22);1H/t16-;/m1./s1. The fourth-order valence-corrected chi connectivity index (χ4v) is 4.37. The van der Waals surface area contributed by atoms with Gasteiger partial charge in [0.05, 0.1) is 0 Å². The maximum Gasteiger partial charge on any atom is 0.287 e. The van der Waals surface area contributed by atoms with Crippen LogP contribution in [0.25, 0.3) is 11.0 Å². The predicted octanol–water partition coefficient (Wildman–Crippen LogP) is 4.11. The number of rotatable bonds is 2. The molecule has 130 valence electrons. The zero-order chi connectivity index (χ0) is 16.2. The molecule has 3 aliphatic heterocycles. The normalized spacial score (nSPS) is 27.7. The van der Waals surface area contributed by atoms with E-state index in [1.165, 1.54) is 0 Å². The molecule has 1 aromatic heterocycles. The van der Waals surface area contributed by atoms with Crippen LogP contribution in [0.4, 0.5) is 0 Å². The van der Waals surface area contributed by atoms with Crippen LogP contribution in [-0.2, 0) is 0 Å². The first-order valence-corrected chi connectivity index (χ1v) is 8.58. The maximum atomic E-state index is 12.7. The first-order valence-electron chi connectivity index (χ1n) is 8.20. The van der Waals surface area contributed by atoms with Crippen LogP contribution in [0.3, 0.4) is 0 Å². The number of furan rings is 1. The summed E-state index contributed by atoms with van der Waals surface area (Å²) in [6.45, 7) is 6.71. The lowest BCUT2D eigenvalue weighted by Crippen LogP contribution is -2.69. The molecule has 0 radical (unpaired) electrons. The zero-order valence-corrected chi connectivity index (χ0v) is 15.4. The summed E-state index contributed by atoms with van der Waals surface area (Å²) in [7, 11) is 0. The number of piperidine rings is 3. The van der Waals surface area contributed by atoms with Gasteiger partial charge in [-0.3, -0.25) is 9.69 Å². The van der Waals surface area contributed by atoms with Crippen molar-refractivity contribution in [1.82, 2.24) is 10.2 Å². The highest BCUT2D eigenvalue weighted by molar-refractivity contribution is 6.31. The topological polar surface area (TPSA) is 45.5 Å². The summed E-state index contributed by atoms with van der Waals surface area (Å²) in [6.07, 6.45) is 2.31. The lowest BCUT2D eigenvalue weighted by atomic mass is 9.72. The van der Waals surface area contributed by atoms with Gasteiger partial charge < -0.3 is 9.73 Å². The van der Waals surface area contributed by atoms with E-state index in [0.717, 1.165) is 31.3 Å². The largest absolute Gasteiger partial charge is 0.451 e. The molecule has 1 aromatic carbocycles. The van der Waals surface area contributed by atoms with Crippen LogP contribution in [0.15, 0.2) is 28.7 Å². The minimum absolute atomic E-state index is 0. The predicted molar refractivity (Wildman–Crippen MR) is 98.1 cm³/mol. The summed E-state index contributed by atoms with van der Waals surface area (Å²) < 4.78 is 5.69. The lowest BCUT2D eigenvalue weighted by molar-refractivity contribution is -0.0380. The van der Waals surface area contributed by atoms with E-state index in [4.69, 9.17) is 16.0 Å². The van der Waals surface area contributed by atoms with Crippen molar-refractivity contribution in [1.29, 1.82) is 0 Å². The first-order chi connectivity index (χ1) is 10.9. The first kappa shape index (κ1) is 17.6. The molecule has 1 atom stereocenters. The second-order valence-corrected chi connectivity index (χ2v) is 7.66. The van der Waals surface area contributed by atoms with Crippen LogP contribution in [0.1, 0.15) is 37.2 Å². The molecule has 1 N–H and O–H groups in total. The zero-order valence-electron chi connectivity index (χ0n) is 13.8. The molecule has 2 aromatic rings. The van der Waals surface area contributed by atoms with Gasteiger partial charge in [0.15, 0.2) is 5.76 Å². The number of carbonyl (C=O) groups is 1. The Hall–Kier alpha value is -1.23. The van der Waals surface area contributed by atoms with Crippen LogP contribution in [0.5, 0.6) is 0 Å². The number of hydrogen-bond acceptors (Lipinski definition) is 3. The molecule has 24 heavy (non-hydrogen) atoms. The van der Waals surface area contributed by atoms with Crippen molar-refractivity contribution in [3.63, 3.8) is 0 Å². The molecule has 5 rings (SSSR count). The van der Waals surface area contributed by atoms with Crippen molar-refractivity contribution in [3.8, 4) is 0 Å². The summed E-state index contributed by atoms with van der Waals surface area (Å²) in [5.74, 6) is 0.774. The van der Waals surface area contributed by atoms with E-state index in [9.17, 15) is 4.79 Å². The molecular weight excluding hydrogens is 347 g/mol. The summed E-state index contributed by atoms with van der Waals surface area (Å²) in [5.41, 5.74) is 0.641. The number of nitrogens with one attached hydrogen (secondary N) is 1. The number of carbonyl (C=O) groups excluding carboxylic acids is 1. The van der Waals surface area contributed by atoms with Crippen LogP contribution < -0.4 is 5.32 Å². The number of hydrogen-bond donors (Lipinski definition) is 1. The molecule has 3 aliphatic rings. The van der Waals surface area contributed by atoms with Gasteiger partial charge in [0.2, 0.25) is 0 Å². The molecule has 4 heterocycles. The van der Waals surface area contributed by atoms with E-state index in [2.05, 4.69) is 24.1 Å². The van der Waals surface area contributed by atoms with Crippen molar-refractivity contribution in [2.45, 2.75) is 38.3 Å². The Kier molecular flexibility index (Phi) is 4.58. The molecule has 0 unspecified atom stereocenters. The smallest absolute Gasteiger partial charge is 0.287 e. The highest BCUT2D eigenvalue weighted by atomic mass is 35.5. The lowest BCUT2D eigenvalue weighted by Gasteiger charge is -2.56. The average molecular weight is 369 g/mol. The molecule has 4 nitrogen and oxygen atoms in total. The van der Waals surface area contributed by atoms with Gasteiger partial charge in [-0.2, -0.15) is 0 Å². The quantitative estimate of drug-likeness (QED) is 0.867. The van der Waals surface area contributed by atoms with Crippen LogP contribution in [0.2, 0.25) is 5.02 Å². The van der Waals surface area contributed by atoms with Crippen molar-refractivity contribution in [2.24, 2.45) is 5.92 Å². The van der Waals surface area contributed by atoms with Gasteiger partial charge in [-0.15, -0.1) is 12.4 Å². The van der Waals surface area contributed by atoms with Gasteiger partial charge in [-0.1, -0.05) is 11.6 Å². The van der Waals surface area contributed by atoms with Crippen molar-refractivity contribution in [2.75, 3.05) is 13.1 Å². The van der Waals surface area contributed by atoms with Crippen molar-refractivity contribution >= 4 is 40.9 Å². The Morgan fingerprint density at radius 1 is 1.29 bits per heavy atom. The summed E-state index contributed by atoms with van der Waals surface area (Å²) in [6, 6.07) is 7.36. The van der Waals surface area contributed by atoms with E-state index < -0.39 is 0 Å². The van der Waals surface area contributed by atoms with E-state index in [-0.39, 0.29) is 29.9 Å². The molecule has 1 amide bonds. The molecule has 6 heteroatoms. The fourth-order valence-electron chi connectivity index (χ4n) is 4.21. The SMILES string of the molecule is CC1(C)[C@H](NC(=O)c2cc3ccc(Cl)cc3o2)C2CCN1CC2.Cl. The Morgan fingerprint density at radius 2 is 2.00 bits per heavy atom.